The third-order valence-corrected chi connectivity index (χ3v) is 5.31. The predicted octanol–water partition coefficient (Wildman–Crippen LogP) is 3.11. The summed E-state index contributed by atoms with van der Waals surface area (Å²) in [6.45, 7) is 8.24. The summed E-state index contributed by atoms with van der Waals surface area (Å²) < 4.78 is 0. The van der Waals surface area contributed by atoms with Crippen molar-refractivity contribution in [2.24, 2.45) is 5.41 Å². The van der Waals surface area contributed by atoms with Gasteiger partial charge >= 0.3 is 0 Å². The van der Waals surface area contributed by atoms with Crippen molar-refractivity contribution in [3.05, 3.63) is 24.3 Å². The molecule has 1 N–H and O–H groups in total. The summed E-state index contributed by atoms with van der Waals surface area (Å²) in [5.74, 6) is 0. The first-order valence-corrected chi connectivity index (χ1v) is 8.50. The number of nitrogens with one attached hydrogen (secondary N) is 1. The second kappa shape index (κ2) is 6.27. The van der Waals surface area contributed by atoms with Crippen LogP contribution in [0.25, 0.3) is 0 Å². The maximum Gasteiger partial charge on any atom is 0.0604 e. The Bertz CT molecular complexity index is 460. The fraction of sp³-hybridized carbons (Fsp3) is 0.667. The highest BCUT2D eigenvalue weighted by Crippen LogP contribution is 2.39. The number of para-hydroxylation sites is 2. The van der Waals surface area contributed by atoms with Crippen LogP contribution >= 0.6 is 0 Å². The fourth-order valence-electron chi connectivity index (χ4n) is 4.11. The van der Waals surface area contributed by atoms with Crippen molar-refractivity contribution in [3.63, 3.8) is 0 Å². The van der Waals surface area contributed by atoms with Crippen LogP contribution in [0.15, 0.2) is 24.3 Å². The Morgan fingerprint density at radius 3 is 2.52 bits per heavy atom. The van der Waals surface area contributed by atoms with Gasteiger partial charge in [0.25, 0.3) is 0 Å². The Morgan fingerprint density at radius 2 is 1.81 bits per heavy atom. The summed E-state index contributed by atoms with van der Waals surface area (Å²) in [6.07, 6.45) is 5.32. The van der Waals surface area contributed by atoms with Gasteiger partial charge < -0.3 is 15.1 Å². The van der Waals surface area contributed by atoms with Crippen molar-refractivity contribution >= 4 is 11.4 Å². The molecule has 1 saturated heterocycles. The molecule has 0 unspecified atom stereocenters. The van der Waals surface area contributed by atoms with Gasteiger partial charge in [0.05, 0.1) is 11.4 Å². The molecule has 0 amide bonds. The molecule has 0 aromatic heterocycles. The predicted molar refractivity (Wildman–Crippen MR) is 91.4 cm³/mol. The summed E-state index contributed by atoms with van der Waals surface area (Å²) in [7, 11) is 2.21. The largest absolute Gasteiger partial charge is 0.371 e. The number of anilines is 2. The molecule has 1 aromatic rings. The lowest BCUT2D eigenvalue weighted by molar-refractivity contribution is 0.188. The van der Waals surface area contributed by atoms with Crippen LogP contribution < -0.4 is 15.1 Å². The summed E-state index contributed by atoms with van der Waals surface area (Å²) in [5, 5.41) is 3.53. The highest BCUT2D eigenvalue weighted by atomic mass is 15.3. The maximum atomic E-state index is 3.53. The van der Waals surface area contributed by atoms with Gasteiger partial charge in [-0.25, -0.2) is 0 Å². The molecular weight excluding hydrogens is 258 g/mol. The van der Waals surface area contributed by atoms with Crippen molar-refractivity contribution in [3.8, 4) is 0 Å². The molecule has 0 radical (unpaired) electrons. The molecule has 0 aliphatic carbocycles. The monoisotopic (exact) mass is 287 g/mol. The quantitative estimate of drug-likeness (QED) is 0.918. The Balaban J connectivity index is 1.82. The summed E-state index contributed by atoms with van der Waals surface area (Å²) >= 11 is 0. The van der Waals surface area contributed by atoms with Gasteiger partial charge in [-0.1, -0.05) is 25.5 Å². The van der Waals surface area contributed by atoms with Gasteiger partial charge in [0, 0.05) is 26.7 Å². The van der Waals surface area contributed by atoms with Gasteiger partial charge in [0.1, 0.15) is 0 Å². The first-order valence-electron chi connectivity index (χ1n) is 8.50. The molecule has 2 aliphatic heterocycles. The molecule has 0 saturated carbocycles. The zero-order chi connectivity index (χ0) is 14.7. The molecule has 3 rings (SSSR count). The molecule has 3 nitrogen and oxygen atoms in total. The minimum Gasteiger partial charge on any atom is -0.371 e. The number of benzene rings is 1. The van der Waals surface area contributed by atoms with E-state index in [2.05, 4.69) is 53.4 Å². The van der Waals surface area contributed by atoms with Crippen LogP contribution in [0.1, 0.15) is 32.6 Å². The third kappa shape index (κ3) is 3.03. The van der Waals surface area contributed by atoms with Crippen LogP contribution in [0, 0.1) is 5.41 Å². The van der Waals surface area contributed by atoms with E-state index in [9.17, 15) is 0 Å². The smallest absolute Gasteiger partial charge is 0.0604 e. The van der Waals surface area contributed by atoms with E-state index < -0.39 is 0 Å². The Labute approximate surface area is 129 Å². The minimum absolute atomic E-state index is 0.517. The molecule has 2 aliphatic rings. The Hall–Kier alpha value is -1.22. The normalized spacial score (nSPS) is 21.2. The van der Waals surface area contributed by atoms with Crippen molar-refractivity contribution in [1.29, 1.82) is 0 Å². The number of rotatable bonds is 4. The maximum absolute atomic E-state index is 3.53. The number of likely N-dealkylation sites (N-methyl/N-ethyl adjacent to an activating group) is 1. The van der Waals surface area contributed by atoms with Crippen molar-refractivity contribution in [2.75, 3.05) is 49.6 Å². The van der Waals surface area contributed by atoms with Gasteiger partial charge in [0.15, 0.2) is 0 Å². The molecule has 21 heavy (non-hydrogen) atoms. The van der Waals surface area contributed by atoms with Crippen LogP contribution in [0.5, 0.6) is 0 Å². The van der Waals surface area contributed by atoms with Crippen molar-refractivity contribution in [2.45, 2.75) is 32.6 Å². The molecule has 0 spiro atoms. The van der Waals surface area contributed by atoms with Crippen LogP contribution in [-0.2, 0) is 0 Å². The molecule has 116 valence electrons. The molecule has 0 bridgehead atoms. The van der Waals surface area contributed by atoms with E-state index in [4.69, 9.17) is 0 Å². The van der Waals surface area contributed by atoms with Gasteiger partial charge in [-0.15, -0.1) is 0 Å². The summed E-state index contributed by atoms with van der Waals surface area (Å²) in [6, 6.07) is 8.90. The van der Waals surface area contributed by atoms with Gasteiger partial charge in [-0.3, -0.25) is 0 Å². The van der Waals surface area contributed by atoms with E-state index in [0.29, 0.717) is 5.41 Å². The molecule has 1 fully saturated rings. The SMILES string of the molecule is CCCC1(CN2CCN(C)c3ccccc32)CCNCC1. The van der Waals surface area contributed by atoms with Gasteiger partial charge in [-0.05, 0) is 49.9 Å². The Kier molecular flexibility index (Phi) is 4.39. The summed E-state index contributed by atoms with van der Waals surface area (Å²) in [5.41, 5.74) is 3.34. The molecular formula is C18H29N3. The second-order valence-corrected chi connectivity index (χ2v) is 6.83. The average Bonchev–Trinajstić information content (AvgIpc) is 2.52. The van der Waals surface area contributed by atoms with Crippen LogP contribution in [0.3, 0.4) is 0 Å². The first-order chi connectivity index (χ1) is 10.2. The number of fused-ring (bicyclic) bond motifs is 1. The number of hydrogen-bond acceptors (Lipinski definition) is 3. The van der Waals surface area contributed by atoms with Crippen molar-refractivity contribution in [1.82, 2.24) is 5.32 Å². The van der Waals surface area contributed by atoms with E-state index in [1.54, 1.807) is 0 Å². The van der Waals surface area contributed by atoms with E-state index >= 15 is 0 Å². The van der Waals surface area contributed by atoms with E-state index in [1.165, 1.54) is 56.7 Å². The highest BCUT2D eigenvalue weighted by molar-refractivity contribution is 5.73. The lowest BCUT2D eigenvalue weighted by atomic mass is 9.74. The zero-order valence-corrected chi connectivity index (χ0v) is 13.6. The molecule has 0 atom stereocenters. The highest BCUT2D eigenvalue weighted by Gasteiger charge is 2.34. The van der Waals surface area contributed by atoms with Gasteiger partial charge in [0.2, 0.25) is 0 Å². The topological polar surface area (TPSA) is 18.5 Å². The third-order valence-electron chi connectivity index (χ3n) is 5.31. The van der Waals surface area contributed by atoms with Crippen LogP contribution in [0.2, 0.25) is 0 Å². The lowest BCUT2D eigenvalue weighted by Gasteiger charge is -2.45. The van der Waals surface area contributed by atoms with E-state index in [-0.39, 0.29) is 0 Å². The fourth-order valence-corrected chi connectivity index (χ4v) is 4.11. The first kappa shape index (κ1) is 14.7. The average molecular weight is 287 g/mol. The number of nitrogens with zero attached hydrogens (tertiary/aromatic N) is 2. The zero-order valence-electron chi connectivity index (χ0n) is 13.6. The van der Waals surface area contributed by atoms with Crippen molar-refractivity contribution < 1.29 is 0 Å². The number of hydrogen-bond donors (Lipinski definition) is 1. The molecule has 3 heteroatoms. The summed E-state index contributed by atoms with van der Waals surface area (Å²) in [4.78, 5) is 5.04. The second-order valence-electron chi connectivity index (χ2n) is 6.83. The van der Waals surface area contributed by atoms with E-state index in [0.717, 1.165) is 13.1 Å². The minimum atomic E-state index is 0.517. The lowest BCUT2D eigenvalue weighted by Crippen LogP contribution is -2.48. The Morgan fingerprint density at radius 1 is 1.10 bits per heavy atom. The molecule has 2 heterocycles. The van der Waals surface area contributed by atoms with Gasteiger partial charge in [-0.2, -0.15) is 0 Å². The van der Waals surface area contributed by atoms with Crippen LogP contribution in [-0.4, -0.2) is 39.8 Å². The standard InChI is InChI=1S/C18H29N3/c1-3-8-18(9-11-19-12-10-18)15-21-14-13-20(2)16-6-4-5-7-17(16)21/h4-7,19H,3,8-15H2,1-2H3. The molecule has 1 aromatic carbocycles. The van der Waals surface area contributed by atoms with E-state index in [1.807, 2.05) is 0 Å². The number of piperidine rings is 1. The van der Waals surface area contributed by atoms with Crippen LogP contribution in [0.4, 0.5) is 11.4 Å².